The zero-order chi connectivity index (χ0) is 16.0. The fourth-order valence-corrected chi connectivity index (χ4v) is 1.46. The van der Waals surface area contributed by atoms with E-state index in [2.05, 4.69) is 15.6 Å². The van der Waals surface area contributed by atoms with Crippen molar-refractivity contribution in [3.8, 4) is 5.88 Å². The topological polar surface area (TPSA) is 80.3 Å². The van der Waals surface area contributed by atoms with Gasteiger partial charge in [0.1, 0.15) is 6.04 Å². The molecular formula is C15H23N3O3. The van der Waals surface area contributed by atoms with E-state index in [1.165, 1.54) is 0 Å². The van der Waals surface area contributed by atoms with Gasteiger partial charge in [-0.2, -0.15) is 0 Å². The van der Waals surface area contributed by atoms with Crippen LogP contribution in [0, 0.1) is 5.41 Å². The molecule has 21 heavy (non-hydrogen) atoms. The fraction of sp³-hybridized carbons (Fsp3) is 0.533. The molecule has 1 atom stereocenters. The van der Waals surface area contributed by atoms with E-state index in [0.29, 0.717) is 12.4 Å². The minimum atomic E-state index is -0.581. The Kier molecular flexibility index (Phi) is 5.69. The number of rotatable bonds is 5. The lowest BCUT2D eigenvalue weighted by Gasteiger charge is -2.21. The smallest absolute Gasteiger partial charge is 0.242 e. The number of pyridine rings is 1. The Hall–Kier alpha value is -2.11. The third-order valence-corrected chi connectivity index (χ3v) is 2.90. The first kappa shape index (κ1) is 16.9. The quantitative estimate of drug-likeness (QED) is 0.856. The maximum atomic E-state index is 11.9. The van der Waals surface area contributed by atoms with Gasteiger partial charge in [-0.05, 0) is 12.5 Å². The van der Waals surface area contributed by atoms with Gasteiger partial charge >= 0.3 is 0 Å². The molecule has 0 saturated heterocycles. The van der Waals surface area contributed by atoms with Crippen LogP contribution in [0.5, 0.6) is 5.88 Å². The summed E-state index contributed by atoms with van der Waals surface area (Å²) >= 11 is 0. The van der Waals surface area contributed by atoms with E-state index >= 15 is 0 Å². The van der Waals surface area contributed by atoms with Crippen molar-refractivity contribution in [3.63, 3.8) is 0 Å². The molecule has 1 rings (SSSR count). The Labute approximate surface area is 125 Å². The summed E-state index contributed by atoms with van der Waals surface area (Å²) in [5, 5.41) is 5.45. The summed E-state index contributed by atoms with van der Waals surface area (Å²) in [6, 6.07) is 2.97. The molecule has 0 spiro atoms. The van der Waals surface area contributed by atoms with E-state index in [-0.39, 0.29) is 11.8 Å². The number of nitrogens with one attached hydrogen (secondary N) is 2. The van der Waals surface area contributed by atoms with Crippen LogP contribution < -0.4 is 15.4 Å². The highest BCUT2D eigenvalue weighted by Crippen LogP contribution is 2.12. The SMILES string of the molecule is COc1ccc(CNC(=O)C(C)NC(=O)C(C)(C)C)cn1. The van der Waals surface area contributed by atoms with E-state index < -0.39 is 11.5 Å². The van der Waals surface area contributed by atoms with Crippen molar-refractivity contribution < 1.29 is 14.3 Å². The first-order chi connectivity index (χ1) is 9.74. The van der Waals surface area contributed by atoms with Crippen LogP contribution in [0.25, 0.3) is 0 Å². The van der Waals surface area contributed by atoms with Crippen LogP contribution in [0.2, 0.25) is 0 Å². The van der Waals surface area contributed by atoms with Crippen LogP contribution in [-0.4, -0.2) is 29.9 Å². The summed E-state index contributed by atoms with van der Waals surface area (Å²) in [6.07, 6.45) is 1.64. The number of amides is 2. The number of ether oxygens (including phenoxy) is 1. The zero-order valence-electron chi connectivity index (χ0n) is 13.2. The number of carbonyl (C=O) groups excluding carboxylic acids is 2. The molecule has 0 aliphatic carbocycles. The number of hydrogen-bond acceptors (Lipinski definition) is 4. The van der Waals surface area contributed by atoms with Crippen molar-refractivity contribution in [1.82, 2.24) is 15.6 Å². The predicted octanol–water partition coefficient (Wildman–Crippen LogP) is 1.26. The van der Waals surface area contributed by atoms with Gasteiger partial charge in [0.15, 0.2) is 0 Å². The number of hydrogen-bond donors (Lipinski definition) is 2. The minimum Gasteiger partial charge on any atom is -0.481 e. The van der Waals surface area contributed by atoms with E-state index in [9.17, 15) is 9.59 Å². The van der Waals surface area contributed by atoms with Crippen molar-refractivity contribution >= 4 is 11.8 Å². The Morgan fingerprint density at radius 1 is 1.33 bits per heavy atom. The number of methoxy groups -OCH3 is 1. The van der Waals surface area contributed by atoms with Gasteiger partial charge in [-0.15, -0.1) is 0 Å². The Morgan fingerprint density at radius 2 is 2.00 bits per heavy atom. The predicted molar refractivity (Wildman–Crippen MR) is 79.7 cm³/mol. The van der Waals surface area contributed by atoms with Crippen LogP contribution in [0.3, 0.4) is 0 Å². The molecule has 0 aliphatic rings. The number of aromatic nitrogens is 1. The Balaban J connectivity index is 2.47. The molecule has 0 aromatic carbocycles. The molecule has 0 fully saturated rings. The molecule has 2 amide bonds. The van der Waals surface area contributed by atoms with Crippen LogP contribution >= 0.6 is 0 Å². The summed E-state index contributed by atoms with van der Waals surface area (Å²) in [7, 11) is 1.55. The summed E-state index contributed by atoms with van der Waals surface area (Å²) in [5.41, 5.74) is 0.340. The Bertz CT molecular complexity index is 492. The highest BCUT2D eigenvalue weighted by molar-refractivity contribution is 5.89. The van der Waals surface area contributed by atoms with Gasteiger partial charge < -0.3 is 15.4 Å². The van der Waals surface area contributed by atoms with Gasteiger partial charge in [-0.3, -0.25) is 9.59 Å². The van der Waals surface area contributed by atoms with Crippen LogP contribution in [0.1, 0.15) is 33.3 Å². The normalized spacial score (nSPS) is 12.4. The van der Waals surface area contributed by atoms with Crippen LogP contribution in [-0.2, 0) is 16.1 Å². The van der Waals surface area contributed by atoms with Crippen LogP contribution in [0.15, 0.2) is 18.3 Å². The average Bonchev–Trinajstić information content (AvgIpc) is 2.44. The molecule has 6 nitrogen and oxygen atoms in total. The van der Waals surface area contributed by atoms with Gasteiger partial charge in [0, 0.05) is 24.2 Å². The fourth-order valence-electron chi connectivity index (χ4n) is 1.46. The van der Waals surface area contributed by atoms with E-state index in [1.54, 1.807) is 47.1 Å². The summed E-state index contributed by atoms with van der Waals surface area (Å²) in [5.74, 6) is 0.135. The first-order valence-electron chi connectivity index (χ1n) is 6.81. The molecule has 6 heteroatoms. The third-order valence-electron chi connectivity index (χ3n) is 2.90. The number of carbonyl (C=O) groups is 2. The van der Waals surface area contributed by atoms with Gasteiger partial charge in [0.25, 0.3) is 0 Å². The summed E-state index contributed by atoms with van der Waals surface area (Å²) in [6.45, 7) is 7.42. The second-order valence-electron chi connectivity index (χ2n) is 5.87. The lowest BCUT2D eigenvalue weighted by Crippen LogP contribution is -2.48. The van der Waals surface area contributed by atoms with Crippen molar-refractivity contribution in [1.29, 1.82) is 0 Å². The van der Waals surface area contributed by atoms with Crippen molar-refractivity contribution in [3.05, 3.63) is 23.9 Å². The van der Waals surface area contributed by atoms with E-state index in [1.807, 2.05) is 6.07 Å². The first-order valence-corrected chi connectivity index (χ1v) is 6.81. The van der Waals surface area contributed by atoms with Gasteiger partial charge in [-0.1, -0.05) is 26.8 Å². The molecule has 0 aliphatic heterocycles. The second-order valence-corrected chi connectivity index (χ2v) is 5.87. The van der Waals surface area contributed by atoms with Crippen molar-refractivity contribution in [2.45, 2.75) is 40.3 Å². The molecule has 2 N–H and O–H groups in total. The molecule has 1 heterocycles. The molecule has 1 aromatic rings. The second kappa shape index (κ2) is 7.06. The molecule has 0 radical (unpaired) electrons. The van der Waals surface area contributed by atoms with Gasteiger partial charge in [0.05, 0.1) is 7.11 Å². The number of nitrogens with zero attached hydrogens (tertiary/aromatic N) is 1. The standard InChI is InChI=1S/C15H23N3O3/c1-10(18-14(20)15(2,3)4)13(19)17-9-11-6-7-12(21-5)16-8-11/h6-8,10H,9H2,1-5H3,(H,17,19)(H,18,20). The minimum absolute atomic E-state index is 0.156. The maximum Gasteiger partial charge on any atom is 0.242 e. The zero-order valence-corrected chi connectivity index (χ0v) is 13.2. The van der Waals surface area contributed by atoms with E-state index in [4.69, 9.17) is 4.74 Å². The van der Waals surface area contributed by atoms with Gasteiger partial charge in [0.2, 0.25) is 17.7 Å². The highest BCUT2D eigenvalue weighted by Gasteiger charge is 2.24. The maximum absolute atomic E-state index is 11.9. The molecular weight excluding hydrogens is 270 g/mol. The van der Waals surface area contributed by atoms with Crippen LogP contribution in [0.4, 0.5) is 0 Å². The lowest BCUT2D eigenvalue weighted by molar-refractivity contribution is -0.133. The monoisotopic (exact) mass is 293 g/mol. The summed E-state index contributed by atoms with van der Waals surface area (Å²) < 4.78 is 4.96. The average molecular weight is 293 g/mol. The van der Waals surface area contributed by atoms with E-state index in [0.717, 1.165) is 5.56 Å². The molecule has 1 aromatic heterocycles. The Morgan fingerprint density at radius 3 is 2.48 bits per heavy atom. The largest absolute Gasteiger partial charge is 0.481 e. The summed E-state index contributed by atoms with van der Waals surface area (Å²) in [4.78, 5) is 27.8. The molecule has 116 valence electrons. The molecule has 0 saturated carbocycles. The van der Waals surface area contributed by atoms with Gasteiger partial charge in [-0.25, -0.2) is 4.98 Å². The lowest BCUT2D eigenvalue weighted by atomic mass is 9.95. The van der Waals surface area contributed by atoms with Crippen molar-refractivity contribution in [2.75, 3.05) is 7.11 Å². The third kappa shape index (κ3) is 5.41. The molecule has 1 unspecified atom stereocenters. The highest BCUT2D eigenvalue weighted by atomic mass is 16.5. The molecule has 0 bridgehead atoms. The van der Waals surface area contributed by atoms with Crippen molar-refractivity contribution in [2.24, 2.45) is 5.41 Å².